The molecule has 0 saturated carbocycles. The Morgan fingerprint density at radius 1 is 0.591 bits per heavy atom. The van der Waals surface area contributed by atoms with Gasteiger partial charge >= 0.3 is 0 Å². The number of rotatable bonds is 12. The average molecular weight is 920 g/mol. The maximum absolute atomic E-state index is 9.74. The van der Waals surface area contributed by atoms with E-state index >= 15 is 0 Å². The van der Waals surface area contributed by atoms with Gasteiger partial charge in [0.15, 0.2) is 0 Å². The summed E-state index contributed by atoms with van der Waals surface area (Å²) in [6, 6.07) is 53.8. The fourth-order valence-corrected chi connectivity index (χ4v) is 12.3. The number of allylic oxidation sites excluding steroid dienone is 3. The number of nitrogens with zero attached hydrogens (tertiary/aromatic N) is 3. The Kier molecular flexibility index (Phi) is 12.8. The molecule has 0 bridgehead atoms. The molecular weight excluding hydrogens is 859 g/mol. The predicted octanol–water partition coefficient (Wildman–Crippen LogP) is 18.0. The summed E-state index contributed by atoms with van der Waals surface area (Å²) in [5, 5.41) is 10.8. The van der Waals surface area contributed by atoms with Crippen LogP contribution in [0.15, 0.2) is 173 Å². The minimum Gasteiger partial charge on any atom is -0.307 e. The van der Waals surface area contributed by atoms with Crippen molar-refractivity contribution in [1.82, 2.24) is 4.57 Å². The maximum atomic E-state index is 9.74. The second-order valence-electron chi connectivity index (χ2n) is 20.4. The SMILES string of the molecule is C=C/C=C(\Sc1cc2c(s1)c1sc(/C=C(/C)C#N)cc1n2-c1cc(C(C)(C)C)cc(C(C)(C)C)c1)N(c1ccc(C(C)(C)c2ccccc2)cc1)c1ccc(C(C)(C)c2ccccc2)cc1. The van der Waals surface area contributed by atoms with Gasteiger partial charge in [0.05, 0.1) is 35.7 Å². The fourth-order valence-electron chi connectivity index (χ4n) is 8.66. The Bertz CT molecular complexity index is 3010. The Labute approximate surface area is 405 Å². The molecule has 3 nitrogen and oxygen atoms in total. The van der Waals surface area contributed by atoms with Crippen molar-refractivity contribution in [2.75, 3.05) is 4.90 Å². The van der Waals surface area contributed by atoms with Crippen molar-refractivity contribution in [3.05, 3.63) is 207 Å². The highest BCUT2D eigenvalue weighted by Gasteiger charge is 2.28. The molecule has 0 spiro atoms. The van der Waals surface area contributed by atoms with Gasteiger partial charge in [-0.05, 0) is 112 Å². The van der Waals surface area contributed by atoms with Crippen molar-refractivity contribution in [3.8, 4) is 11.8 Å². The molecule has 0 N–H and O–H groups in total. The van der Waals surface area contributed by atoms with Crippen molar-refractivity contribution in [1.29, 1.82) is 5.26 Å². The summed E-state index contributed by atoms with van der Waals surface area (Å²) >= 11 is 5.37. The molecule has 0 radical (unpaired) electrons. The maximum Gasteiger partial charge on any atom is 0.0944 e. The van der Waals surface area contributed by atoms with Crippen molar-refractivity contribution >= 4 is 72.3 Å². The minimum absolute atomic E-state index is 0.0393. The summed E-state index contributed by atoms with van der Waals surface area (Å²) in [5.74, 6) is 0. The van der Waals surface area contributed by atoms with Gasteiger partial charge < -0.3 is 9.47 Å². The van der Waals surface area contributed by atoms with Crippen LogP contribution in [0, 0.1) is 11.3 Å². The van der Waals surface area contributed by atoms with E-state index in [0.29, 0.717) is 5.57 Å². The van der Waals surface area contributed by atoms with Crippen molar-refractivity contribution in [2.45, 2.75) is 102 Å². The van der Waals surface area contributed by atoms with Gasteiger partial charge in [-0.1, -0.05) is 185 Å². The van der Waals surface area contributed by atoms with Gasteiger partial charge in [-0.25, -0.2) is 0 Å². The minimum atomic E-state index is -0.170. The first-order valence-electron chi connectivity index (χ1n) is 22.7. The topological polar surface area (TPSA) is 32.0 Å². The number of anilines is 2. The lowest BCUT2D eigenvalue weighted by molar-refractivity contribution is 0.568. The summed E-state index contributed by atoms with van der Waals surface area (Å²) in [7, 11) is 0. The van der Waals surface area contributed by atoms with Crippen LogP contribution in [-0.4, -0.2) is 4.57 Å². The zero-order valence-corrected chi connectivity index (χ0v) is 42.7. The lowest BCUT2D eigenvalue weighted by Crippen LogP contribution is -2.20. The van der Waals surface area contributed by atoms with Crippen molar-refractivity contribution in [2.24, 2.45) is 0 Å². The third kappa shape index (κ3) is 9.27. The van der Waals surface area contributed by atoms with Gasteiger partial charge in [0.25, 0.3) is 0 Å². The fraction of sp³-hybridized carbons (Fsp3) is 0.250. The van der Waals surface area contributed by atoms with Crippen LogP contribution in [-0.2, 0) is 21.7 Å². The Morgan fingerprint density at radius 2 is 1.05 bits per heavy atom. The molecule has 0 aliphatic heterocycles. The van der Waals surface area contributed by atoms with Crippen LogP contribution < -0.4 is 4.90 Å². The standard InChI is InChI=1S/C60H61N3S3/c1-13-20-53(62(47-29-25-43(26-30-47)59(9,10)41-21-16-14-17-22-41)48-31-27-44(28-32-48)60(11,12)42-23-18-15-19-24-42)65-54-38-52-56(66-54)55-51(37-50(64-55)33-40(2)39-61)63(52)49-35-45(57(3,4)5)34-46(36-49)58(6,7)8/h13-38H,1H2,2-12H3/b40-33-,53-20-. The molecule has 3 aromatic heterocycles. The van der Waals surface area contributed by atoms with Gasteiger partial charge in [0.2, 0.25) is 0 Å². The number of benzene rings is 5. The summed E-state index contributed by atoms with van der Waals surface area (Å²) in [6.07, 6.45) is 6.06. The van der Waals surface area contributed by atoms with E-state index in [9.17, 15) is 5.26 Å². The van der Waals surface area contributed by atoms with Gasteiger partial charge in [-0.2, -0.15) is 5.26 Å². The average Bonchev–Trinajstić information content (AvgIpc) is 3.97. The highest BCUT2D eigenvalue weighted by Crippen LogP contribution is 2.49. The number of hydrogen-bond acceptors (Lipinski definition) is 5. The zero-order chi connectivity index (χ0) is 47.2. The number of thioether (sulfide) groups is 1. The lowest BCUT2D eigenvalue weighted by atomic mass is 9.78. The molecule has 0 amide bonds. The van der Waals surface area contributed by atoms with Crippen LogP contribution in [0.2, 0.25) is 0 Å². The second-order valence-corrected chi connectivity index (χ2v) is 23.9. The number of aromatic nitrogens is 1. The molecule has 8 aromatic rings. The van der Waals surface area contributed by atoms with Crippen LogP contribution in [0.3, 0.4) is 0 Å². The Balaban J connectivity index is 1.27. The van der Waals surface area contributed by atoms with Gasteiger partial charge in [-0.15, -0.1) is 22.7 Å². The van der Waals surface area contributed by atoms with Crippen molar-refractivity contribution in [3.63, 3.8) is 0 Å². The van der Waals surface area contributed by atoms with Crippen LogP contribution in [0.5, 0.6) is 0 Å². The number of nitriles is 1. The first-order chi connectivity index (χ1) is 31.3. The van der Waals surface area contributed by atoms with E-state index in [4.69, 9.17) is 0 Å². The molecule has 3 heterocycles. The summed E-state index contributed by atoms with van der Waals surface area (Å²) in [5.41, 5.74) is 13.6. The van der Waals surface area contributed by atoms with Crippen LogP contribution in [0.1, 0.15) is 114 Å². The van der Waals surface area contributed by atoms with Gasteiger partial charge in [-0.3, -0.25) is 0 Å². The number of fused-ring (bicyclic) bond motifs is 3. The van der Waals surface area contributed by atoms with E-state index in [1.807, 2.05) is 30.4 Å². The van der Waals surface area contributed by atoms with E-state index in [0.717, 1.165) is 27.0 Å². The van der Waals surface area contributed by atoms with Gasteiger partial charge in [0, 0.05) is 38.3 Å². The quantitative estimate of drug-likeness (QED) is 0.0695. The molecule has 0 saturated heterocycles. The first-order valence-corrected chi connectivity index (χ1v) is 25.2. The molecule has 0 atom stereocenters. The molecule has 0 aliphatic rings. The first kappa shape index (κ1) is 46.7. The van der Waals surface area contributed by atoms with E-state index < -0.39 is 0 Å². The molecule has 66 heavy (non-hydrogen) atoms. The zero-order valence-electron chi connectivity index (χ0n) is 40.3. The van der Waals surface area contributed by atoms with E-state index in [1.54, 1.807) is 23.1 Å². The highest BCUT2D eigenvalue weighted by molar-refractivity contribution is 8.05. The molecular formula is C60H61N3S3. The number of hydrogen-bond donors (Lipinski definition) is 0. The summed E-state index contributed by atoms with van der Waals surface area (Å²) in [4.78, 5) is 3.46. The van der Waals surface area contributed by atoms with E-state index in [1.165, 1.54) is 58.0 Å². The third-order valence-electron chi connectivity index (χ3n) is 12.9. The molecule has 0 unspecified atom stereocenters. The second kappa shape index (κ2) is 18.1. The summed E-state index contributed by atoms with van der Waals surface area (Å²) < 4.78 is 6.12. The Morgan fingerprint density at radius 3 is 1.50 bits per heavy atom. The normalized spacial score (nSPS) is 13.1. The van der Waals surface area contributed by atoms with Crippen LogP contribution in [0.4, 0.5) is 11.4 Å². The van der Waals surface area contributed by atoms with Gasteiger partial charge in [0.1, 0.15) is 0 Å². The Hall–Kier alpha value is -5.84. The highest BCUT2D eigenvalue weighted by atomic mass is 32.2. The molecule has 5 aromatic carbocycles. The number of thiophene rings is 2. The molecule has 0 fully saturated rings. The molecule has 334 valence electrons. The lowest BCUT2D eigenvalue weighted by Gasteiger charge is -2.31. The molecule has 8 rings (SSSR count). The largest absolute Gasteiger partial charge is 0.307 e. The van der Waals surface area contributed by atoms with E-state index in [-0.39, 0.29) is 21.7 Å². The van der Waals surface area contributed by atoms with E-state index in [2.05, 4.69) is 237 Å². The monoisotopic (exact) mass is 919 g/mol. The predicted molar refractivity (Wildman–Crippen MR) is 289 cm³/mol. The third-order valence-corrected chi connectivity index (χ3v) is 16.4. The van der Waals surface area contributed by atoms with Crippen LogP contribution in [0.25, 0.3) is 32.2 Å². The smallest absolute Gasteiger partial charge is 0.0944 e. The molecule has 6 heteroatoms. The van der Waals surface area contributed by atoms with Crippen LogP contribution >= 0.6 is 34.4 Å². The molecule has 0 aliphatic carbocycles. The summed E-state index contributed by atoms with van der Waals surface area (Å²) in [6.45, 7) is 29.1. The van der Waals surface area contributed by atoms with Crippen molar-refractivity contribution < 1.29 is 0 Å².